The summed E-state index contributed by atoms with van der Waals surface area (Å²) in [4.78, 5) is 57.5. The number of nitrogens with one attached hydrogen (secondary N) is 1. The Balaban J connectivity index is 0.867. The van der Waals surface area contributed by atoms with E-state index in [9.17, 15) is 14.4 Å². The summed E-state index contributed by atoms with van der Waals surface area (Å²) in [7, 11) is 6.57. The molecular weight excluding hydrogens is 1030 g/mol. The monoisotopic (exact) mass is 1100 g/mol. The lowest BCUT2D eigenvalue weighted by Crippen LogP contribution is -2.35. The molecule has 2 aromatic carbocycles. The van der Waals surface area contributed by atoms with E-state index in [1.54, 1.807) is 58.0 Å². The maximum absolute atomic E-state index is 13.7. The largest absolute Gasteiger partial charge is 0.493 e. The number of aromatic nitrogens is 1. The first kappa shape index (κ1) is 59.0. The van der Waals surface area contributed by atoms with E-state index >= 15 is 0 Å². The summed E-state index contributed by atoms with van der Waals surface area (Å²) < 4.78 is 58.6. The maximum Gasteiger partial charge on any atom is 0.257 e. The highest BCUT2D eigenvalue weighted by atomic mass is 33.1. The number of pyridine rings is 1. The molecule has 1 N–H and O–H groups in total. The fourth-order valence-electron chi connectivity index (χ4n) is 8.92. The van der Waals surface area contributed by atoms with Crippen molar-refractivity contribution in [1.29, 1.82) is 0 Å². The van der Waals surface area contributed by atoms with Crippen molar-refractivity contribution < 1.29 is 61.8 Å². The predicted octanol–water partition coefficient (Wildman–Crippen LogP) is 8.16. The molecule has 3 aromatic rings. The SMILES string of the molecule is C/C=C1/C[C@H]2C=Nc3cc(OCc4cc(OCCOCCOCCOCCOCCOCCNC(=O)CCC(C)(C)SSC)cc(COc5cc6c(cc5OC)C(=O)N5C/C(=C/C)C[C@H]5C=N6)n4)c(OC)cc3C(=O)N2C1. The Hall–Kier alpha value is -5.68. The second-order valence-corrected chi connectivity index (χ2v) is 22.1. The molecule has 0 unspecified atom stereocenters. The minimum absolute atomic E-state index is 0.0160. The van der Waals surface area contributed by atoms with Crippen LogP contribution in [-0.4, -0.2) is 175 Å². The van der Waals surface area contributed by atoms with Gasteiger partial charge in [0.15, 0.2) is 23.0 Å². The van der Waals surface area contributed by atoms with Gasteiger partial charge in [-0.2, -0.15) is 0 Å². The van der Waals surface area contributed by atoms with Crippen LogP contribution in [0.5, 0.6) is 28.7 Å². The Labute approximate surface area is 460 Å². The number of allylic oxidation sites excluding steroid dienone is 2. The van der Waals surface area contributed by atoms with Crippen molar-refractivity contribution in [3.05, 3.63) is 82.2 Å². The van der Waals surface area contributed by atoms with Crippen LogP contribution >= 0.6 is 21.6 Å². The highest BCUT2D eigenvalue weighted by molar-refractivity contribution is 8.76. The molecule has 77 heavy (non-hydrogen) atoms. The number of hydrogen-bond acceptors (Lipinski definition) is 18. The smallest absolute Gasteiger partial charge is 0.257 e. The van der Waals surface area contributed by atoms with Crippen LogP contribution in [0.2, 0.25) is 0 Å². The lowest BCUT2D eigenvalue weighted by molar-refractivity contribution is -0.121. The molecule has 2 atom stereocenters. The van der Waals surface area contributed by atoms with E-state index in [1.807, 2.05) is 42.3 Å². The number of amides is 3. The molecule has 0 radical (unpaired) electrons. The first-order valence-corrected chi connectivity index (χ1v) is 28.7. The van der Waals surface area contributed by atoms with E-state index in [0.717, 1.165) is 19.3 Å². The van der Waals surface area contributed by atoms with Crippen molar-refractivity contribution >= 4 is 63.1 Å². The number of carbonyl (C=O) groups excluding carboxylic acids is 3. The van der Waals surface area contributed by atoms with Crippen LogP contribution in [0.15, 0.2) is 69.7 Å². The molecule has 4 aliphatic rings. The van der Waals surface area contributed by atoms with Gasteiger partial charge in [0.2, 0.25) is 5.91 Å². The molecule has 0 bridgehead atoms. The van der Waals surface area contributed by atoms with Crippen LogP contribution < -0.4 is 29.0 Å². The minimum atomic E-state index is -0.119. The van der Waals surface area contributed by atoms with Gasteiger partial charge in [0, 0.05) is 67.5 Å². The van der Waals surface area contributed by atoms with E-state index < -0.39 is 0 Å². The highest BCUT2D eigenvalue weighted by Crippen LogP contribution is 2.41. The number of fused-ring (bicyclic) bond motifs is 4. The molecule has 5 heterocycles. The summed E-state index contributed by atoms with van der Waals surface area (Å²) in [6.45, 7) is 14.2. The summed E-state index contributed by atoms with van der Waals surface area (Å²) in [6.07, 6.45) is 12.6. The molecule has 19 nitrogen and oxygen atoms in total. The van der Waals surface area contributed by atoms with Gasteiger partial charge < -0.3 is 62.5 Å². The van der Waals surface area contributed by atoms with Crippen LogP contribution in [-0.2, 0) is 41.7 Å². The molecule has 418 valence electrons. The summed E-state index contributed by atoms with van der Waals surface area (Å²) >= 11 is 0. The highest BCUT2D eigenvalue weighted by Gasteiger charge is 2.36. The Morgan fingerprint density at radius 1 is 0.649 bits per heavy atom. The molecule has 2 fully saturated rings. The summed E-state index contributed by atoms with van der Waals surface area (Å²) in [5.41, 5.74) is 5.33. The topological polar surface area (TPSA) is 200 Å². The third-order valence-corrected chi connectivity index (χ3v) is 15.8. The van der Waals surface area contributed by atoms with E-state index in [0.29, 0.717) is 155 Å². The molecule has 1 aromatic heterocycles. The number of ether oxygens (including phenoxy) is 10. The van der Waals surface area contributed by atoms with Gasteiger partial charge in [-0.1, -0.05) is 44.9 Å². The number of benzene rings is 2. The van der Waals surface area contributed by atoms with Gasteiger partial charge in [-0.3, -0.25) is 29.4 Å². The van der Waals surface area contributed by atoms with Gasteiger partial charge in [-0.25, -0.2) is 0 Å². The zero-order valence-electron chi connectivity index (χ0n) is 45.4. The van der Waals surface area contributed by atoms with E-state index in [2.05, 4.69) is 31.3 Å². The molecule has 0 spiro atoms. The minimum Gasteiger partial charge on any atom is -0.493 e. The number of aliphatic imine (C=N–C) groups is 2. The number of methoxy groups -OCH3 is 2. The number of nitrogens with zero attached hydrogens (tertiary/aromatic N) is 5. The van der Waals surface area contributed by atoms with Gasteiger partial charge in [0.05, 0.1) is 126 Å². The van der Waals surface area contributed by atoms with Crippen LogP contribution in [0.4, 0.5) is 11.4 Å². The van der Waals surface area contributed by atoms with Crippen molar-refractivity contribution in [1.82, 2.24) is 20.1 Å². The quantitative estimate of drug-likeness (QED) is 0.0356. The fourth-order valence-corrected chi connectivity index (χ4v) is 11.2. The fraction of sp³-hybridized carbons (Fsp3) is 0.536. The van der Waals surface area contributed by atoms with Gasteiger partial charge >= 0.3 is 0 Å². The van der Waals surface area contributed by atoms with E-state index in [1.165, 1.54) is 25.4 Å². The maximum atomic E-state index is 13.7. The average Bonchev–Trinajstić information content (AvgIpc) is 4.00. The van der Waals surface area contributed by atoms with Gasteiger partial charge in [0.1, 0.15) is 25.6 Å². The average molecular weight is 1100 g/mol. The Morgan fingerprint density at radius 2 is 1.10 bits per heavy atom. The molecule has 2 saturated heterocycles. The molecule has 0 aliphatic carbocycles. The summed E-state index contributed by atoms with van der Waals surface area (Å²) in [6, 6.07) is 10.1. The van der Waals surface area contributed by atoms with Crippen molar-refractivity contribution in [2.24, 2.45) is 9.98 Å². The predicted molar refractivity (Wildman–Crippen MR) is 299 cm³/mol. The third-order valence-electron chi connectivity index (χ3n) is 13.1. The number of hydrogen-bond donors (Lipinski definition) is 1. The zero-order chi connectivity index (χ0) is 54.6. The molecule has 3 amide bonds. The van der Waals surface area contributed by atoms with Crippen molar-refractivity contribution in [2.75, 3.05) is 113 Å². The number of rotatable bonds is 32. The second kappa shape index (κ2) is 29.9. The Kier molecular flexibility index (Phi) is 22.9. The Bertz CT molecular complexity index is 2480. The van der Waals surface area contributed by atoms with Crippen molar-refractivity contribution in [3.63, 3.8) is 0 Å². The van der Waals surface area contributed by atoms with Gasteiger partial charge in [-0.15, -0.1) is 0 Å². The molecular formula is C56H74N6O13S2. The third kappa shape index (κ3) is 17.2. The first-order valence-electron chi connectivity index (χ1n) is 26.1. The van der Waals surface area contributed by atoms with Crippen LogP contribution in [0.25, 0.3) is 0 Å². The summed E-state index contributed by atoms with van der Waals surface area (Å²) in [5, 5.41) is 2.90. The lowest BCUT2D eigenvalue weighted by Gasteiger charge is -2.21. The molecule has 4 aliphatic heterocycles. The zero-order valence-corrected chi connectivity index (χ0v) is 47.1. The molecule has 7 rings (SSSR count). The van der Waals surface area contributed by atoms with Gasteiger partial charge in [0.25, 0.3) is 11.8 Å². The van der Waals surface area contributed by atoms with Crippen LogP contribution in [0, 0.1) is 0 Å². The number of carbonyl (C=O) groups is 3. The second-order valence-electron chi connectivity index (χ2n) is 19.0. The van der Waals surface area contributed by atoms with Crippen molar-refractivity contribution in [2.45, 2.75) is 83.4 Å². The van der Waals surface area contributed by atoms with Crippen molar-refractivity contribution in [3.8, 4) is 28.7 Å². The Morgan fingerprint density at radius 3 is 1.55 bits per heavy atom. The molecule has 0 saturated carbocycles. The lowest BCUT2D eigenvalue weighted by atomic mass is 10.1. The molecule has 21 heteroatoms. The van der Waals surface area contributed by atoms with Crippen LogP contribution in [0.1, 0.15) is 85.5 Å². The first-order chi connectivity index (χ1) is 37.4. The van der Waals surface area contributed by atoms with E-state index in [4.69, 9.17) is 62.3 Å². The van der Waals surface area contributed by atoms with Crippen LogP contribution in [0.3, 0.4) is 0 Å². The van der Waals surface area contributed by atoms with E-state index in [-0.39, 0.29) is 54.4 Å². The normalized spacial score (nSPS) is 17.8. The summed E-state index contributed by atoms with van der Waals surface area (Å²) in [5.74, 6) is 1.89. The standard InChI is InChI=1S/C56H74N6O13S2/c1-8-38-24-42-32-58-47-30-51(49(66-5)28-45(47)54(64)61(42)34-38)74-36-40-26-44(27-41(60-40)37-75-52-31-48-46(29-50(52)67-6)55(65)62-35-39(9-2)25-43(62)33-59-48)73-23-22-72-21-20-71-19-18-70-17-16-69-15-14-68-13-12-57-53(63)10-11-56(3,4)77-76-7/h8-9,26-33,42-43H,10-25,34-37H2,1-7H3,(H,57,63)/b38-8-,39-9+/t42-,43-/m0/s1. The van der Waals surface area contributed by atoms with Gasteiger partial charge in [-0.05, 0) is 65.3 Å².